The first-order valence-corrected chi connectivity index (χ1v) is 5.03. The smallest absolute Gasteiger partial charge is 0.250 e. The van der Waals surface area contributed by atoms with E-state index in [0.717, 1.165) is 11.1 Å². The zero-order valence-electron chi connectivity index (χ0n) is 8.63. The number of benzene rings is 1. The van der Waals surface area contributed by atoms with Crippen molar-refractivity contribution in [3.8, 4) is 0 Å². The van der Waals surface area contributed by atoms with Gasteiger partial charge in [-0.25, -0.2) is 8.78 Å². The third-order valence-corrected chi connectivity index (χ3v) is 3.13. The summed E-state index contributed by atoms with van der Waals surface area (Å²) in [5.74, 6) is -2.60. The van der Waals surface area contributed by atoms with E-state index < -0.39 is 11.3 Å². The summed E-state index contributed by atoms with van der Waals surface area (Å²) in [7, 11) is 0. The third kappa shape index (κ3) is 1.76. The maximum atomic E-state index is 12.9. The first kappa shape index (κ1) is 10.6. The van der Waals surface area contributed by atoms with Crippen LogP contribution >= 0.6 is 0 Å². The molecule has 0 saturated heterocycles. The summed E-state index contributed by atoms with van der Waals surface area (Å²) < 4.78 is 25.8. The molecule has 3 heteroatoms. The fourth-order valence-electron chi connectivity index (χ4n) is 2.32. The van der Waals surface area contributed by atoms with E-state index >= 15 is 0 Å². The Morgan fingerprint density at radius 3 is 2.47 bits per heavy atom. The van der Waals surface area contributed by atoms with Crippen LogP contribution in [0.25, 0.3) is 0 Å². The van der Waals surface area contributed by atoms with Crippen LogP contribution in [-0.4, -0.2) is 17.6 Å². The molecule has 1 saturated carbocycles. The Morgan fingerprint density at radius 2 is 2.00 bits per heavy atom. The van der Waals surface area contributed by atoms with Gasteiger partial charge in [0.25, 0.3) is 0 Å². The van der Waals surface area contributed by atoms with Gasteiger partial charge in [0.2, 0.25) is 5.92 Å². The van der Waals surface area contributed by atoms with Gasteiger partial charge in [0.1, 0.15) is 0 Å². The lowest BCUT2D eigenvalue weighted by molar-refractivity contribution is -0.139. The monoisotopic (exact) mass is 212 g/mol. The summed E-state index contributed by atoms with van der Waals surface area (Å²) >= 11 is 0. The van der Waals surface area contributed by atoms with Crippen LogP contribution in [-0.2, 0) is 5.41 Å². The van der Waals surface area contributed by atoms with E-state index in [4.69, 9.17) is 0 Å². The lowest BCUT2D eigenvalue weighted by atomic mass is 9.62. The van der Waals surface area contributed by atoms with Crippen LogP contribution in [0.5, 0.6) is 0 Å². The second-order valence-electron chi connectivity index (χ2n) is 4.52. The minimum absolute atomic E-state index is 0.202. The molecular formula is C12H14F2O. The summed E-state index contributed by atoms with van der Waals surface area (Å²) in [6.07, 6.45) is -0.472. The van der Waals surface area contributed by atoms with E-state index in [2.05, 4.69) is 0 Å². The molecule has 0 aliphatic heterocycles. The Hall–Kier alpha value is -0.960. The Morgan fingerprint density at radius 1 is 1.33 bits per heavy atom. The fraction of sp³-hybridized carbons (Fsp3) is 0.500. The van der Waals surface area contributed by atoms with Crippen LogP contribution in [0.3, 0.4) is 0 Å². The molecule has 1 aliphatic rings. The molecule has 0 heterocycles. The zero-order valence-corrected chi connectivity index (χ0v) is 8.63. The van der Waals surface area contributed by atoms with Gasteiger partial charge in [0.15, 0.2) is 0 Å². The average Bonchev–Trinajstić information content (AvgIpc) is 2.13. The van der Waals surface area contributed by atoms with Crippen molar-refractivity contribution in [2.45, 2.75) is 31.1 Å². The predicted molar refractivity (Wildman–Crippen MR) is 54.1 cm³/mol. The molecule has 1 nitrogen and oxygen atoms in total. The van der Waals surface area contributed by atoms with Crippen LogP contribution in [0, 0.1) is 6.92 Å². The van der Waals surface area contributed by atoms with E-state index in [1.807, 2.05) is 31.2 Å². The summed E-state index contributed by atoms with van der Waals surface area (Å²) in [5.41, 5.74) is 1.15. The van der Waals surface area contributed by atoms with Crippen LogP contribution in [0.2, 0.25) is 0 Å². The molecule has 1 aromatic rings. The second-order valence-corrected chi connectivity index (χ2v) is 4.52. The SMILES string of the molecule is Cc1cccc(C2(CO)CC(F)(F)C2)c1. The highest BCUT2D eigenvalue weighted by molar-refractivity contribution is 5.33. The van der Waals surface area contributed by atoms with Crippen LogP contribution in [0.1, 0.15) is 24.0 Å². The van der Waals surface area contributed by atoms with Crippen molar-refractivity contribution in [1.29, 1.82) is 0 Å². The molecule has 1 aromatic carbocycles. The predicted octanol–water partition coefficient (Wildman–Crippen LogP) is 2.65. The number of hydrogen-bond acceptors (Lipinski definition) is 1. The van der Waals surface area contributed by atoms with E-state index in [0.29, 0.717) is 0 Å². The summed E-state index contributed by atoms with van der Waals surface area (Å²) in [5, 5.41) is 9.28. The Labute approximate surface area is 87.7 Å². The number of aryl methyl sites for hydroxylation is 1. The maximum absolute atomic E-state index is 12.9. The number of rotatable bonds is 2. The van der Waals surface area contributed by atoms with Crippen molar-refractivity contribution in [2.75, 3.05) is 6.61 Å². The molecule has 15 heavy (non-hydrogen) atoms. The van der Waals surface area contributed by atoms with Crippen LogP contribution in [0.4, 0.5) is 8.78 Å². The highest BCUT2D eigenvalue weighted by Crippen LogP contribution is 2.53. The molecule has 0 radical (unpaired) electrons. The van der Waals surface area contributed by atoms with Crippen molar-refractivity contribution >= 4 is 0 Å². The highest BCUT2D eigenvalue weighted by Gasteiger charge is 2.56. The second kappa shape index (κ2) is 3.27. The van der Waals surface area contributed by atoms with Gasteiger partial charge in [-0.1, -0.05) is 29.8 Å². The molecule has 1 fully saturated rings. The highest BCUT2D eigenvalue weighted by atomic mass is 19.3. The average molecular weight is 212 g/mol. The molecule has 2 rings (SSSR count). The lowest BCUT2D eigenvalue weighted by Gasteiger charge is -2.46. The van der Waals surface area contributed by atoms with E-state index in [9.17, 15) is 13.9 Å². The first-order chi connectivity index (χ1) is 6.97. The number of hydrogen-bond donors (Lipinski definition) is 1. The maximum Gasteiger partial charge on any atom is 0.250 e. The Kier molecular flexibility index (Phi) is 2.30. The molecule has 0 bridgehead atoms. The zero-order chi connectivity index (χ0) is 11.1. The quantitative estimate of drug-likeness (QED) is 0.799. The van der Waals surface area contributed by atoms with Crippen LogP contribution < -0.4 is 0 Å². The van der Waals surface area contributed by atoms with Gasteiger partial charge in [-0.2, -0.15) is 0 Å². The molecular weight excluding hydrogens is 198 g/mol. The number of aliphatic hydroxyl groups is 1. The lowest BCUT2D eigenvalue weighted by Crippen LogP contribution is -2.51. The number of aliphatic hydroxyl groups excluding tert-OH is 1. The Bertz CT molecular complexity index is 366. The minimum atomic E-state index is -2.60. The van der Waals surface area contributed by atoms with Crippen LogP contribution in [0.15, 0.2) is 24.3 Å². The fourth-order valence-corrected chi connectivity index (χ4v) is 2.32. The summed E-state index contributed by atoms with van der Waals surface area (Å²) in [6.45, 7) is 1.72. The molecule has 0 aromatic heterocycles. The van der Waals surface area contributed by atoms with Crippen molar-refractivity contribution in [2.24, 2.45) is 0 Å². The van der Waals surface area contributed by atoms with Crippen molar-refractivity contribution in [3.63, 3.8) is 0 Å². The third-order valence-electron chi connectivity index (χ3n) is 3.13. The normalized spacial score (nSPS) is 22.1. The molecule has 0 spiro atoms. The molecule has 0 unspecified atom stereocenters. The topological polar surface area (TPSA) is 20.2 Å². The van der Waals surface area contributed by atoms with Gasteiger partial charge in [0.05, 0.1) is 6.61 Å². The van der Waals surface area contributed by atoms with E-state index in [1.54, 1.807) is 0 Å². The van der Waals surface area contributed by atoms with Gasteiger partial charge in [-0.15, -0.1) is 0 Å². The molecule has 1 N–H and O–H groups in total. The van der Waals surface area contributed by atoms with Gasteiger partial charge >= 0.3 is 0 Å². The molecule has 82 valence electrons. The number of alkyl halides is 2. The van der Waals surface area contributed by atoms with Crippen molar-refractivity contribution in [3.05, 3.63) is 35.4 Å². The Balaban J connectivity index is 2.29. The van der Waals surface area contributed by atoms with E-state index in [-0.39, 0.29) is 19.4 Å². The van der Waals surface area contributed by atoms with Gasteiger partial charge in [0, 0.05) is 18.3 Å². The summed E-state index contributed by atoms with van der Waals surface area (Å²) in [4.78, 5) is 0. The molecule has 1 aliphatic carbocycles. The largest absolute Gasteiger partial charge is 0.395 e. The van der Waals surface area contributed by atoms with Crippen molar-refractivity contribution in [1.82, 2.24) is 0 Å². The summed E-state index contributed by atoms with van der Waals surface area (Å²) in [6, 6.07) is 7.47. The standard InChI is InChI=1S/C12H14F2O/c1-9-3-2-4-10(5-9)11(8-15)6-12(13,14)7-11/h2-5,15H,6-8H2,1H3. The minimum Gasteiger partial charge on any atom is -0.395 e. The van der Waals surface area contributed by atoms with E-state index in [1.165, 1.54) is 0 Å². The number of halogens is 2. The van der Waals surface area contributed by atoms with Gasteiger partial charge < -0.3 is 5.11 Å². The van der Waals surface area contributed by atoms with Gasteiger partial charge in [-0.3, -0.25) is 0 Å². The first-order valence-electron chi connectivity index (χ1n) is 5.03. The molecule has 0 amide bonds. The molecule has 0 atom stereocenters. The van der Waals surface area contributed by atoms with Gasteiger partial charge in [-0.05, 0) is 12.5 Å². The van der Waals surface area contributed by atoms with Crippen molar-refractivity contribution < 1.29 is 13.9 Å².